The number of hydrogen-bond acceptors (Lipinski definition) is 3. The van der Waals surface area contributed by atoms with Gasteiger partial charge in [0.05, 0.1) is 13.2 Å². The van der Waals surface area contributed by atoms with E-state index in [2.05, 4.69) is 12.2 Å². The molecule has 1 fully saturated rings. The third-order valence-electron chi connectivity index (χ3n) is 4.54. The van der Waals surface area contributed by atoms with Gasteiger partial charge < -0.3 is 15.8 Å². The van der Waals surface area contributed by atoms with E-state index in [0.29, 0.717) is 12.5 Å². The number of methoxy groups -OCH3 is 1. The van der Waals surface area contributed by atoms with Crippen molar-refractivity contribution in [2.24, 2.45) is 17.6 Å². The summed E-state index contributed by atoms with van der Waals surface area (Å²) in [6.07, 6.45) is 4.03. The van der Waals surface area contributed by atoms with Crippen LogP contribution in [-0.2, 0) is 4.79 Å². The van der Waals surface area contributed by atoms with E-state index in [9.17, 15) is 4.79 Å². The molecule has 0 aromatic heterocycles. The molecule has 3 N–H and O–H groups in total. The summed E-state index contributed by atoms with van der Waals surface area (Å²) in [5, 5.41) is 3.19. The zero-order chi connectivity index (χ0) is 15.2. The van der Waals surface area contributed by atoms with Crippen LogP contribution in [0.1, 0.15) is 44.2 Å². The summed E-state index contributed by atoms with van der Waals surface area (Å²) in [5.41, 5.74) is 6.89. The van der Waals surface area contributed by atoms with Gasteiger partial charge in [0, 0.05) is 5.92 Å². The molecule has 21 heavy (non-hydrogen) atoms. The van der Waals surface area contributed by atoms with Crippen LogP contribution in [0.15, 0.2) is 24.3 Å². The van der Waals surface area contributed by atoms with Crippen LogP contribution in [0.4, 0.5) is 0 Å². The molecule has 1 saturated carbocycles. The predicted octanol–water partition coefficient (Wildman–Crippen LogP) is 2.64. The summed E-state index contributed by atoms with van der Waals surface area (Å²) < 4.78 is 5.17. The van der Waals surface area contributed by atoms with E-state index in [1.165, 1.54) is 0 Å². The monoisotopic (exact) mass is 290 g/mol. The predicted molar refractivity (Wildman–Crippen MR) is 84.1 cm³/mol. The van der Waals surface area contributed by atoms with E-state index >= 15 is 0 Å². The number of carbonyl (C=O) groups excluding carboxylic acids is 1. The number of rotatable bonds is 6. The minimum absolute atomic E-state index is 0.0578. The van der Waals surface area contributed by atoms with Crippen LogP contribution >= 0.6 is 0 Å². The number of carbonyl (C=O) groups is 1. The van der Waals surface area contributed by atoms with Gasteiger partial charge in [0.25, 0.3) is 0 Å². The Balaban J connectivity index is 2.02. The van der Waals surface area contributed by atoms with Crippen LogP contribution in [0.2, 0.25) is 0 Å². The van der Waals surface area contributed by atoms with Gasteiger partial charge in [0.2, 0.25) is 5.91 Å². The van der Waals surface area contributed by atoms with Crippen molar-refractivity contribution >= 4 is 5.91 Å². The van der Waals surface area contributed by atoms with Crippen molar-refractivity contribution in [3.63, 3.8) is 0 Å². The number of amides is 1. The summed E-state index contributed by atoms with van der Waals surface area (Å²) in [5.74, 6) is 1.42. The maximum atomic E-state index is 12.5. The maximum absolute atomic E-state index is 12.5. The van der Waals surface area contributed by atoms with E-state index in [-0.39, 0.29) is 17.9 Å². The lowest BCUT2D eigenvalue weighted by Gasteiger charge is -2.23. The van der Waals surface area contributed by atoms with E-state index in [1.807, 2.05) is 24.3 Å². The lowest BCUT2D eigenvalue weighted by Crippen LogP contribution is -2.37. The third-order valence-corrected chi connectivity index (χ3v) is 4.54. The summed E-state index contributed by atoms with van der Waals surface area (Å²) in [6.45, 7) is 2.70. The molecule has 0 aliphatic heterocycles. The molecule has 0 spiro atoms. The van der Waals surface area contributed by atoms with Gasteiger partial charge in [-0.3, -0.25) is 4.79 Å². The quantitative estimate of drug-likeness (QED) is 0.846. The number of hydrogen-bond donors (Lipinski definition) is 2. The van der Waals surface area contributed by atoms with E-state index < -0.39 is 0 Å². The summed E-state index contributed by atoms with van der Waals surface area (Å²) in [4.78, 5) is 12.5. The van der Waals surface area contributed by atoms with Crippen molar-refractivity contribution in [2.75, 3.05) is 13.7 Å². The van der Waals surface area contributed by atoms with Gasteiger partial charge in [-0.25, -0.2) is 0 Å². The van der Waals surface area contributed by atoms with Crippen LogP contribution in [0.3, 0.4) is 0 Å². The molecule has 1 amide bonds. The number of nitrogens with one attached hydrogen (secondary N) is 1. The van der Waals surface area contributed by atoms with Crippen molar-refractivity contribution in [3.05, 3.63) is 29.8 Å². The van der Waals surface area contributed by atoms with Crippen LogP contribution in [0.25, 0.3) is 0 Å². The van der Waals surface area contributed by atoms with Crippen molar-refractivity contribution in [2.45, 2.75) is 38.6 Å². The SMILES string of the molecule is CCC(NC(=O)[C@@H]1CCC[C@@H]1CN)c1ccc(OC)cc1. The van der Waals surface area contributed by atoms with E-state index in [4.69, 9.17) is 10.5 Å². The molecule has 0 bridgehead atoms. The second-order valence-electron chi connectivity index (χ2n) is 5.78. The van der Waals surface area contributed by atoms with Crippen LogP contribution in [0, 0.1) is 11.8 Å². The maximum Gasteiger partial charge on any atom is 0.223 e. The Labute approximate surface area is 127 Å². The number of benzene rings is 1. The highest BCUT2D eigenvalue weighted by atomic mass is 16.5. The first-order valence-corrected chi connectivity index (χ1v) is 7.84. The minimum atomic E-state index is 0.0578. The van der Waals surface area contributed by atoms with Crippen molar-refractivity contribution in [1.29, 1.82) is 0 Å². The number of ether oxygens (including phenoxy) is 1. The molecular formula is C17H26N2O2. The molecule has 3 atom stereocenters. The highest BCUT2D eigenvalue weighted by molar-refractivity contribution is 5.79. The topological polar surface area (TPSA) is 64.4 Å². The Bertz CT molecular complexity index is 458. The van der Waals surface area contributed by atoms with Gasteiger partial charge in [-0.2, -0.15) is 0 Å². The average molecular weight is 290 g/mol. The molecule has 1 aromatic carbocycles. The average Bonchev–Trinajstić information content (AvgIpc) is 3.01. The standard InChI is InChI=1S/C17H26N2O2/c1-3-16(12-7-9-14(21-2)10-8-12)19-17(20)15-6-4-5-13(15)11-18/h7-10,13,15-16H,3-6,11,18H2,1-2H3,(H,19,20)/t13-,15-,16?/m1/s1. The Hall–Kier alpha value is -1.55. The van der Waals surface area contributed by atoms with Crippen LogP contribution in [0.5, 0.6) is 5.75 Å². The smallest absolute Gasteiger partial charge is 0.223 e. The largest absolute Gasteiger partial charge is 0.497 e. The van der Waals surface area contributed by atoms with E-state index in [0.717, 1.165) is 37.0 Å². The normalized spacial score (nSPS) is 22.8. The molecular weight excluding hydrogens is 264 g/mol. The summed E-state index contributed by atoms with van der Waals surface area (Å²) in [6, 6.07) is 7.96. The minimum Gasteiger partial charge on any atom is -0.497 e. The van der Waals surface area contributed by atoms with Gasteiger partial charge >= 0.3 is 0 Å². The first kappa shape index (κ1) is 15.8. The van der Waals surface area contributed by atoms with Crippen molar-refractivity contribution in [3.8, 4) is 5.75 Å². The fraction of sp³-hybridized carbons (Fsp3) is 0.588. The molecule has 4 nitrogen and oxygen atoms in total. The molecule has 1 aliphatic rings. The molecule has 0 saturated heterocycles. The molecule has 1 aliphatic carbocycles. The molecule has 0 radical (unpaired) electrons. The second-order valence-corrected chi connectivity index (χ2v) is 5.78. The Kier molecular flexibility index (Phi) is 5.62. The highest BCUT2D eigenvalue weighted by Gasteiger charge is 2.32. The zero-order valence-electron chi connectivity index (χ0n) is 13.0. The molecule has 1 aromatic rings. The summed E-state index contributed by atoms with van der Waals surface area (Å²) >= 11 is 0. The van der Waals surface area contributed by atoms with E-state index in [1.54, 1.807) is 7.11 Å². The fourth-order valence-electron chi connectivity index (χ4n) is 3.20. The first-order valence-electron chi connectivity index (χ1n) is 7.84. The second kappa shape index (κ2) is 7.46. The lowest BCUT2D eigenvalue weighted by molar-refractivity contribution is -0.126. The molecule has 2 rings (SSSR count). The molecule has 4 heteroatoms. The van der Waals surface area contributed by atoms with Gasteiger partial charge in [-0.15, -0.1) is 0 Å². The molecule has 1 unspecified atom stereocenters. The van der Waals surface area contributed by atoms with Gasteiger partial charge in [-0.05, 0) is 49.4 Å². The van der Waals surface area contributed by atoms with Crippen molar-refractivity contribution < 1.29 is 9.53 Å². The van der Waals surface area contributed by atoms with Crippen molar-refractivity contribution in [1.82, 2.24) is 5.32 Å². The number of nitrogens with two attached hydrogens (primary N) is 1. The lowest BCUT2D eigenvalue weighted by atomic mass is 9.94. The van der Waals surface area contributed by atoms with Gasteiger partial charge in [0.15, 0.2) is 0 Å². The Morgan fingerprint density at radius 3 is 2.67 bits per heavy atom. The molecule has 0 heterocycles. The third kappa shape index (κ3) is 3.76. The molecule has 116 valence electrons. The summed E-state index contributed by atoms with van der Waals surface area (Å²) in [7, 11) is 1.65. The van der Waals surface area contributed by atoms with Gasteiger partial charge in [-0.1, -0.05) is 25.5 Å². The highest BCUT2D eigenvalue weighted by Crippen LogP contribution is 2.32. The van der Waals surface area contributed by atoms with Crippen LogP contribution < -0.4 is 15.8 Å². The van der Waals surface area contributed by atoms with Crippen LogP contribution in [-0.4, -0.2) is 19.6 Å². The Morgan fingerprint density at radius 2 is 2.10 bits per heavy atom. The Morgan fingerprint density at radius 1 is 1.38 bits per heavy atom. The zero-order valence-corrected chi connectivity index (χ0v) is 13.0. The fourth-order valence-corrected chi connectivity index (χ4v) is 3.20. The van der Waals surface area contributed by atoms with Gasteiger partial charge in [0.1, 0.15) is 5.75 Å². The first-order chi connectivity index (χ1) is 10.2.